The van der Waals surface area contributed by atoms with E-state index in [-0.39, 0.29) is 0 Å². The second kappa shape index (κ2) is 13.8. The molecule has 4 aromatic heterocycles. The minimum atomic E-state index is 0.701. The summed E-state index contributed by atoms with van der Waals surface area (Å²) in [6.07, 6.45) is 0. The molecule has 0 aliphatic rings. The van der Waals surface area contributed by atoms with E-state index in [0.29, 0.717) is 5.82 Å². The molecule has 8 aromatic carbocycles. The van der Waals surface area contributed by atoms with Crippen LogP contribution in [0.3, 0.4) is 0 Å². The van der Waals surface area contributed by atoms with Crippen LogP contribution in [0, 0.1) is 0 Å². The van der Waals surface area contributed by atoms with Gasteiger partial charge in [-0.15, -0.1) is 0 Å². The molecule has 0 saturated carbocycles. The van der Waals surface area contributed by atoms with E-state index < -0.39 is 0 Å². The molecule has 0 amide bonds. The SMILES string of the molecule is c1ccc(-c2cc(-c3ccccc3)nc(-n3c4ccccc4c4c3ccc3c5ccccc5n(-c5ccc(-c6nc(-c7ccccc7)c7ccccc7n6)cc5)c34)c2)cc1. The highest BCUT2D eigenvalue weighted by Gasteiger charge is 2.22. The Morgan fingerprint density at radius 3 is 1.67 bits per heavy atom. The van der Waals surface area contributed by atoms with E-state index in [9.17, 15) is 0 Å². The Labute approximate surface area is 346 Å². The molecule has 0 bridgehead atoms. The van der Waals surface area contributed by atoms with Gasteiger partial charge in [-0.05, 0) is 71.8 Å². The van der Waals surface area contributed by atoms with Crippen molar-refractivity contribution in [2.24, 2.45) is 0 Å². The fraction of sp³-hybridized carbons (Fsp3) is 0. The van der Waals surface area contributed by atoms with Crippen LogP contribution in [0.25, 0.3) is 111 Å². The molecule has 4 heterocycles. The summed E-state index contributed by atoms with van der Waals surface area (Å²) in [7, 11) is 0. The molecule has 12 rings (SSSR count). The number of para-hydroxylation sites is 3. The fourth-order valence-electron chi connectivity index (χ4n) is 8.99. The summed E-state index contributed by atoms with van der Waals surface area (Å²) in [5.74, 6) is 1.57. The molecule has 0 aliphatic carbocycles. The largest absolute Gasteiger partial charge is 0.309 e. The zero-order valence-electron chi connectivity index (χ0n) is 32.4. The van der Waals surface area contributed by atoms with Gasteiger partial charge in [-0.1, -0.05) is 152 Å². The molecule has 280 valence electrons. The minimum Gasteiger partial charge on any atom is -0.309 e. The first-order valence-electron chi connectivity index (χ1n) is 20.3. The summed E-state index contributed by atoms with van der Waals surface area (Å²) < 4.78 is 4.77. The highest BCUT2D eigenvalue weighted by atomic mass is 15.1. The Hall–Kier alpha value is -8.15. The molecule has 5 heteroatoms. The molecule has 5 nitrogen and oxygen atoms in total. The highest BCUT2D eigenvalue weighted by molar-refractivity contribution is 6.26. The first-order valence-corrected chi connectivity index (χ1v) is 20.3. The number of nitrogens with zero attached hydrogens (tertiary/aromatic N) is 5. The van der Waals surface area contributed by atoms with Crippen molar-refractivity contribution in [3.63, 3.8) is 0 Å². The summed E-state index contributed by atoms with van der Waals surface area (Å²) in [5.41, 5.74) is 13.7. The number of hydrogen-bond donors (Lipinski definition) is 0. The van der Waals surface area contributed by atoms with Gasteiger partial charge in [0.15, 0.2) is 5.82 Å². The Balaban J connectivity index is 1.09. The first-order chi connectivity index (χ1) is 29.8. The molecular formula is C55H35N5. The lowest BCUT2D eigenvalue weighted by molar-refractivity contribution is 1.08. The fourth-order valence-corrected chi connectivity index (χ4v) is 8.99. The molecule has 0 aliphatic heterocycles. The summed E-state index contributed by atoms with van der Waals surface area (Å²) in [6.45, 7) is 0. The number of pyridine rings is 1. The van der Waals surface area contributed by atoms with E-state index in [1.165, 1.54) is 21.5 Å². The maximum atomic E-state index is 5.40. The molecule has 0 atom stereocenters. The standard InChI is InChI=1S/C55H35N5/c1-4-16-36(17-5-1)40-34-47(37-18-6-2-7-19-37)56-51(35-40)60-49-27-15-12-24-45(49)52-50(60)33-32-43-42-22-11-14-26-48(42)59(54(43)52)41-30-28-39(29-31-41)55-57-46-25-13-10-23-44(46)53(58-55)38-20-8-3-9-21-38/h1-35H. The first kappa shape index (κ1) is 33.9. The van der Waals surface area contributed by atoms with Crippen LogP contribution in [0.1, 0.15) is 0 Å². The van der Waals surface area contributed by atoms with Crippen molar-refractivity contribution < 1.29 is 0 Å². The Morgan fingerprint density at radius 1 is 0.333 bits per heavy atom. The molecular weight excluding hydrogens is 731 g/mol. The third kappa shape index (κ3) is 5.44. The van der Waals surface area contributed by atoms with E-state index >= 15 is 0 Å². The number of aromatic nitrogens is 5. The number of hydrogen-bond acceptors (Lipinski definition) is 3. The monoisotopic (exact) mass is 765 g/mol. The second-order valence-corrected chi connectivity index (χ2v) is 15.2. The predicted octanol–water partition coefficient (Wildman–Crippen LogP) is 13.9. The number of benzene rings is 8. The van der Waals surface area contributed by atoms with Crippen molar-refractivity contribution in [3.8, 4) is 56.5 Å². The van der Waals surface area contributed by atoms with Crippen LogP contribution < -0.4 is 0 Å². The lowest BCUT2D eigenvalue weighted by atomic mass is 10.0. The number of fused-ring (bicyclic) bond motifs is 8. The van der Waals surface area contributed by atoms with E-state index in [2.05, 4.69) is 203 Å². The average Bonchev–Trinajstić information content (AvgIpc) is 3.85. The van der Waals surface area contributed by atoms with Gasteiger partial charge in [0, 0.05) is 49.3 Å². The van der Waals surface area contributed by atoms with E-state index in [1.807, 2.05) is 18.2 Å². The zero-order valence-corrected chi connectivity index (χ0v) is 32.4. The van der Waals surface area contributed by atoms with Gasteiger partial charge in [0.05, 0.1) is 39.0 Å². The van der Waals surface area contributed by atoms with Gasteiger partial charge in [-0.2, -0.15) is 0 Å². The minimum absolute atomic E-state index is 0.701. The molecule has 12 aromatic rings. The summed E-state index contributed by atoms with van der Waals surface area (Å²) >= 11 is 0. The van der Waals surface area contributed by atoms with Gasteiger partial charge >= 0.3 is 0 Å². The van der Waals surface area contributed by atoms with Crippen LogP contribution in [-0.4, -0.2) is 24.1 Å². The molecule has 0 spiro atoms. The summed E-state index contributed by atoms with van der Waals surface area (Å²) in [5, 5.41) is 5.80. The van der Waals surface area contributed by atoms with Crippen LogP contribution in [0.2, 0.25) is 0 Å². The molecule has 0 fully saturated rings. The maximum Gasteiger partial charge on any atom is 0.160 e. The van der Waals surface area contributed by atoms with Crippen molar-refractivity contribution in [1.82, 2.24) is 24.1 Å². The molecule has 0 unspecified atom stereocenters. The van der Waals surface area contributed by atoms with Gasteiger partial charge in [0.1, 0.15) is 5.82 Å². The second-order valence-electron chi connectivity index (χ2n) is 15.2. The molecule has 0 radical (unpaired) electrons. The Morgan fingerprint density at radius 2 is 0.933 bits per heavy atom. The van der Waals surface area contributed by atoms with Crippen LogP contribution in [-0.2, 0) is 0 Å². The third-order valence-corrected chi connectivity index (χ3v) is 11.7. The Kier molecular flexibility index (Phi) is 7.78. The third-order valence-electron chi connectivity index (χ3n) is 11.7. The summed E-state index contributed by atoms with van der Waals surface area (Å²) in [4.78, 5) is 15.6. The maximum absolute atomic E-state index is 5.40. The van der Waals surface area contributed by atoms with Crippen LogP contribution in [0.15, 0.2) is 212 Å². The van der Waals surface area contributed by atoms with E-state index in [4.69, 9.17) is 15.0 Å². The number of rotatable bonds is 6. The Bertz CT molecular complexity index is 3510. The molecule has 0 N–H and O–H groups in total. The van der Waals surface area contributed by atoms with Gasteiger partial charge in [-0.3, -0.25) is 4.57 Å². The average molecular weight is 766 g/mol. The lowest BCUT2D eigenvalue weighted by Gasteiger charge is -2.13. The van der Waals surface area contributed by atoms with Crippen LogP contribution in [0.4, 0.5) is 0 Å². The summed E-state index contributed by atoms with van der Waals surface area (Å²) in [6, 6.07) is 74.8. The van der Waals surface area contributed by atoms with Crippen molar-refractivity contribution in [1.29, 1.82) is 0 Å². The van der Waals surface area contributed by atoms with E-state index in [0.717, 1.165) is 83.7 Å². The smallest absolute Gasteiger partial charge is 0.160 e. The van der Waals surface area contributed by atoms with Crippen molar-refractivity contribution in [3.05, 3.63) is 212 Å². The van der Waals surface area contributed by atoms with Gasteiger partial charge in [0.2, 0.25) is 0 Å². The molecule has 60 heavy (non-hydrogen) atoms. The van der Waals surface area contributed by atoms with Gasteiger partial charge in [-0.25, -0.2) is 15.0 Å². The van der Waals surface area contributed by atoms with Crippen molar-refractivity contribution >= 4 is 54.5 Å². The topological polar surface area (TPSA) is 48.5 Å². The van der Waals surface area contributed by atoms with E-state index in [1.54, 1.807) is 0 Å². The predicted molar refractivity (Wildman–Crippen MR) is 248 cm³/mol. The normalized spacial score (nSPS) is 11.7. The van der Waals surface area contributed by atoms with Crippen molar-refractivity contribution in [2.75, 3.05) is 0 Å². The highest BCUT2D eigenvalue weighted by Crippen LogP contribution is 2.43. The zero-order chi connectivity index (χ0) is 39.6. The molecule has 0 saturated heterocycles. The van der Waals surface area contributed by atoms with Crippen LogP contribution in [0.5, 0.6) is 0 Å². The van der Waals surface area contributed by atoms with Crippen LogP contribution >= 0.6 is 0 Å². The quantitative estimate of drug-likeness (QED) is 0.169. The van der Waals surface area contributed by atoms with Crippen molar-refractivity contribution in [2.45, 2.75) is 0 Å². The lowest BCUT2D eigenvalue weighted by Crippen LogP contribution is -2.00. The van der Waals surface area contributed by atoms with Gasteiger partial charge in [0.25, 0.3) is 0 Å². The van der Waals surface area contributed by atoms with Gasteiger partial charge < -0.3 is 4.57 Å².